The third kappa shape index (κ3) is 5.06. The normalized spacial score (nSPS) is 12.0. The van der Waals surface area contributed by atoms with E-state index in [1.54, 1.807) is 6.20 Å². The summed E-state index contributed by atoms with van der Waals surface area (Å²) in [7, 11) is 0. The average Bonchev–Trinajstić information content (AvgIpc) is 3.19. The lowest BCUT2D eigenvalue weighted by molar-refractivity contribution is -0.137. The second-order valence-corrected chi connectivity index (χ2v) is 8.34. The highest BCUT2D eigenvalue weighted by Gasteiger charge is 2.30. The topological polar surface area (TPSA) is 46.9 Å². The van der Waals surface area contributed by atoms with Crippen molar-refractivity contribution < 1.29 is 26.7 Å². The fraction of sp³-hybridized carbons (Fsp3) is 0.0714. The second-order valence-electron chi connectivity index (χ2n) is 8.34. The van der Waals surface area contributed by atoms with Crippen LogP contribution in [-0.4, -0.2) is 15.5 Å². The van der Waals surface area contributed by atoms with Gasteiger partial charge in [0.25, 0.3) is 0 Å². The van der Waals surface area contributed by atoms with Crippen molar-refractivity contribution in [1.82, 2.24) is 14.9 Å². The minimum absolute atomic E-state index is 0.0937. The molecular weight excluding hydrogens is 489 g/mol. The van der Waals surface area contributed by atoms with Crippen molar-refractivity contribution in [3.8, 4) is 5.69 Å². The van der Waals surface area contributed by atoms with Gasteiger partial charge in [-0.3, -0.25) is 9.78 Å². The summed E-state index contributed by atoms with van der Waals surface area (Å²) >= 11 is 0. The highest BCUT2D eigenvalue weighted by Crippen LogP contribution is 2.34. The second kappa shape index (κ2) is 9.50. The Morgan fingerprint density at radius 3 is 2.30 bits per heavy atom. The Labute approximate surface area is 207 Å². The summed E-state index contributed by atoms with van der Waals surface area (Å²) in [5, 5.41) is 4.38. The van der Waals surface area contributed by atoms with Crippen LogP contribution in [0, 0.1) is 11.6 Å². The van der Waals surface area contributed by atoms with E-state index in [2.05, 4.69) is 10.3 Å². The monoisotopic (exact) mass is 507 g/mol. The van der Waals surface area contributed by atoms with Gasteiger partial charge in [0.1, 0.15) is 11.6 Å². The lowest BCUT2D eigenvalue weighted by Gasteiger charge is -2.10. The molecule has 0 atom stereocenters. The molecule has 5 aromatic rings. The first-order valence-corrected chi connectivity index (χ1v) is 11.2. The zero-order chi connectivity index (χ0) is 26.2. The van der Waals surface area contributed by atoms with Gasteiger partial charge in [-0.1, -0.05) is 18.2 Å². The Hall–Kier alpha value is -4.53. The molecule has 1 N–H and O–H groups in total. The fourth-order valence-electron chi connectivity index (χ4n) is 4.17. The van der Waals surface area contributed by atoms with Gasteiger partial charge in [-0.15, -0.1) is 0 Å². The van der Waals surface area contributed by atoms with Crippen LogP contribution in [0.4, 0.5) is 22.0 Å². The third-order valence-corrected chi connectivity index (χ3v) is 5.82. The predicted molar refractivity (Wildman–Crippen MR) is 131 cm³/mol. The molecule has 9 heteroatoms. The van der Waals surface area contributed by atoms with Gasteiger partial charge in [-0.25, -0.2) is 8.78 Å². The molecule has 0 aliphatic carbocycles. The van der Waals surface area contributed by atoms with Crippen molar-refractivity contribution >= 4 is 33.8 Å². The molecule has 0 aliphatic rings. The van der Waals surface area contributed by atoms with Crippen LogP contribution in [0.15, 0.2) is 85.1 Å². The number of carbonyl (C=O) groups excluding carboxylic acids is 1. The number of nitrogens with zero attached hydrogens (tertiary/aromatic N) is 2. The molecule has 0 fully saturated rings. The molecule has 3 aromatic carbocycles. The Kier molecular flexibility index (Phi) is 6.20. The molecule has 0 bridgehead atoms. The van der Waals surface area contributed by atoms with Crippen LogP contribution < -0.4 is 5.32 Å². The van der Waals surface area contributed by atoms with Crippen molar-refractivity contribution in [1.29, 1.82) is 0 Å². The maximum atomic E-state index is 13.3. The summed E-state index contributed by atoms with van der Waals surface area (Å²) in [5.41, 5.74) is 2.09. The number of carbonyl (C=O) groups is 1. The standard InChI is InChI=1S/C28H18F5N3O/c29-19-11-17(12-20(30)13-19)5-10-27(37)35-15-21-14-24-23-3-1-2-4-25(23)36(26(24)16-34-21)22-8-6-18(7-9-22)28(31,32)33/h1-14,16H,15H2,(H,35,37)/b10-5+. The first kappa shape index (κ1) is 24.2. The van der Waals surface area contributed by atoms with Crippen LogP contribution in [0.3, 0.4) is 0 Å². The molecule has 0 aliphatic heterocycles. The number of alkyl halides is 3. The molecule has 2 aromatic heterocycles. The maximum absolute atomic E-state index is 13.3. The molecule has 1 amide bonds. The molecule has 5 rings (SSSR count). The molecular formula is C28H18F5N3O. The number of rotatable bonds is 5. The van der Waals surface area contributed by atoms with E-state index in [9.17, 15) is 26.7 Å². The SMILES string of the molecule is O=C(/C=C/c1cc(F)cc(F)c1)NCc1cc2c3ccccc3n(-c3ccc(C(F)(F)F)cc3)c2cn1. The molecule has 0 saturated carbocycles. The molecule has 0 unspecified atom stereocenters. The number of pyridine rings is 1. The molecule has 0 radical (unpaired) electrons. The minimum atomic E-state index is -4.43. The van der Waals surface area contributed by atoms with E-state index in [4.69, 9.17) is 0 Å². The van der Waals surface area contributed by atoms with E-state index in [0.29, 0.717) is 16.9 Å². The number of aromatic nitrogens is 2. The fourth-order valence-corrected chi connectivity index (χ4v) is 4.17. The Balaban J connectivity index is 1.41. The molecule has 186 valence electrons. The van der Waals surface area contributed by atoms with Crippen molar-refractivity contribution in [2.24, 2.45) is 0 Å². The van der Waals surface area contributed by atoms with Crippen LogP contribution in [0.5, 0.6) is 0 Å². The van der Waals surface area contributed by atoms with Crippen molar-refractivity contribution in [2.75, 3.05) is 0 Å². The lowest BCUT2D eigenvalue weighted by Crippen LogP contribution is -2.20. The summed E-state index contributed by atoms with van der Waals surface area (Å²) in [6.45, 7) is 0.0937. The molecule has 37 heavy (non-hydrogen) atoms. The summed E-state index contributed by atoms with van der Waals surface area (Å²) in [4.78, 5) is 16.6. The van der Waals surface area contributed by atoms with E-state index in [0.717, 1.165) is 46.6 Å². The number of amides is 1. The zero-order valence-corrected chi connectivity index (χ0v) is 19.1. The van der Waals surface area contributed by atoms with Gasteiger partial charge in [0.2, 0.25) is 5.91 Å². The highest BCUT2D eigenvalue weighted by atomic mass is 19.4. The first-order valence-electron chi connectivity index (χ1n) is 11.2. The average molecular weight is 507 g/mol. The number of halogens is 5. The van der Waals surface area contributed by atoms with Crippen LogP contribution in [0.25, 0.3) is 33.6 Å². The van der Waals surface area contributed by atoms with Crippen molar-refractivity contribution in [3.63, 3.8) is 0 Å². The lowest BCUT2D eigenvalue weighted by atomic mass is 10.1. The van der Waals surface area contributed by atoms with Gasteiger partial charge in [0.05, 0.1) is 35.0 Å². The van der Waals surface area contributed by atoms with Gasteiger partial charge in [-0.2, -0.15) is 13.2 Å². The Bertz CT molecular complexity index is 1630. The number of hydrogen-bond acceptors (Lipinski definition) is 2. The van der Waals surface area contributed by atoms with E-state index in [1.165, 1.54) is 24.3 Å². The van der Waals surface area contributed by atoms with Crippen LogP contribution in [-0.2, 0) is 17.5 Å². The number of para-hydroxylation sites is 1. The summed E-state index contributed by atoms with van der Waals surface area (Å²) in [6, 6.07) is 17.2. The van der Waals surface area contributed by atoms with Gasteiger partial charge in [0.15, 0.2) is 0 Å². The largest absolute Gasteiger partial charge is 0.416 e. The van der Waals surface area contributed by atoms with Crippen LogP contribution in [0.2, 0.25) is 0 Å². The minimum Gasteiger partial charge on any atom is -0.347 e. The molecule has 2 heterocycles. The van der Waals surface area contributed by atoms with Gasteiger partial charge in [0, 0.05) is 28.6 Å². The molecule has 0 saturated heterocycles. The van der Waals surface area contributed by atoms with Gasteiger partial charge >= 0.3 is 6.18 Å². The van der Waals surface area contributed by atoms with E-state index in [1.807, 2.05) is 34.9 Å². The van der Waals surface area contributed by atoms with Crippen LogP contribution >= 0.6 is 0 Å². The Morgan fingerprint density at radius 2 is 1.59 bits per heavy atom. The maximum Gasteiger partial charge on any atom is 0.416 e. The predicted octanol–water partition coefficient (Wildman–Crippen LogP) is 6.81. The highest BCUT2D eigenvalue weighted by molar-refractivity contribution is 6.09. The van der Waals surface area contributed by atoms with Crippen molar-refractivity contribution in [2.45, 2.75) is 12.7 Å². The zero-order valence-electron chi connectivity index (χ0n) is 19.1. The number of fused-ring (bicyclic) bond motifs is 3. The van der Waals surface area contributed by atoms with E-state index >= 15 is 0 Å². The quantitative estimate of drug-likeness (QED) is 0.210. The van der Waals surface area contributed by atoms with Gasteiger partial charge < -0.3 is 9.88 Å². The summed E-state index contributed by atoms with van der Waals surface area (Å²) < 4.78 is 67.5. The first-order chi connectivity index (χ1) is 17.7. The summed E-state index contributed by atoms with van der Waals surface area (Å²) in [5.74, 6) is -1.96. The molecule has 4 nitrogen and oxygen atoms in total. The third-order valence-electron chi connectivity index (χ3n) is 5.82. The van der Waals surface area contributed by atoms with E-state index < -0.39 is 29.3 Å². The van der Waals surface area contributed by atoms with Crippen LogP contribution in [0.1, 0.15) is 16.8 Å². The number of nitrogens with one attached hydrogen (secondary N) is 1. The smallest absolute Gasteiger partial charge is 0.347 e. The van der Waals surface area contributed by atoms with Gasteiger partial charge in [-0.05, 0) is 60.2 Å². The summed E-state index contributed by atoms with van der Waals surface area (Å²) in [6.07, 6.45) is -0.345. The number of benzene rings is 3. The van der Waals surface area contributed by atoms with E-state index in [-0.39, 0.29) is 12.1 Å². The van der Waals surface area contributed by atoms with Crippen molar-refractivity contribution in [3.05, 3.63) is 114 Å². The Morgan fingerprint density at radius 1 is 0.892 bits per heavy atom. The number of hydrogen-bond donors (Lipinski definition) is 1. The molecule has 0 spiro atoms.